The second-order valence-corrected chi connectivity index (χ2v) is 8.64. The number of carbonyl (C=O) groups excluding carboxylic acids is 1. The van der Waals surface area contributed by atoms with E-state index in [0.717, 1.165) is 64.6 Å². The SMILES string of the molecule is CN=C(NCc1ccc(N(C)C)cc1C)N1CCN(C(C)C(=O)N2CCCC2)CC1. The fourth-order valence-electron chi connectivity index (χ4n) is 4.34. The number of amides is 1. The Bertz CT molecular complexity index is 748. The lowest BCUT2D eigenvalue weighted by molar-refractivity contribution is -0.135. The van der Waals surface area contributed by atoms with Gasteiger partial charge in [-0.25, -0.2) is 0 Å². The van der Waals surface area contributed by atoms with Gasteiger partial charge in [0.25, 0.3) is 0 Å². The number of nitrogens with one attached hydrogen (secondary N) is 1. The van der Waals surface area contributed by atoms with E-state index < -0.39 is 0 Å². The van der Waals surface area contributed by atoms with Gasteiger partial charge >= 0.3 is 0 Å². The highest BCUT2D eigenvalue weighted by atomic mass is 16.2. The molecule has 2 saturated heterocycles. The average Bonchev–Trinajstić information content (AvgIpc) is 3.29. The molecule has 0 bridgehead atoms. The van der Waals surface area contributed by atoms with E-state index in [1.807, 2.05) is 11.9 Å². The molecule has 0 saturated carbocycles. The number of carbonyl (C=O) groups is 1. The number of rotatable bonds is 5. The minimum Gasteiger partial charge on any atom is -0.378 e. The normalized spacial score (nSPS) is 19.2. The topological polar surface area (TPSA) is 54.4 Å². The molecule has 7 nitrogen and oxygen atoms in total. The number of benzene rings is 1. The summed E-state index contributed by atoms with van der Waals surface area (Å²) in [5.74, 6) is 1.23. The number of aliphatic imine (C=N–C) groups is 1. The molecule has 0 aliphatic carbocycles. The molecule has 30 heavy (non-hydrogen) atoms. The number of likely N-dealkylation sites (tertiary alicyclic amines) is 1. The number of guanidine groups is 1. The number of hydrogen-bond donors (Lipinski definition) is 1. The highest BCUT2D eigenvalue weighted by molar-refractivity contribution is 5.82. The molecule has 1 aromatic rings. The second-order valence-electron chi connectivity index (χ2n) is 8.64. The molecule has 2 heterocycles. The Kier molecular flexibility index (Phi) is 7.58. The van der Waals surface area contributed by atoms with Crippen LogP contribution in [0.5, 0.6) is 0 Å². The van der Waals surface area contributed by atoms with Gasteiger partial charge < -0.3 is 20.0 Å². The van der Waals surface area contributed by atoms with Crippen LogP contribution < -0.4 is 10.2 Å². The van der Waals surface area contributed by atoms with Crippen molar-refractivity contribution in [3.63, 3.8) is 0 Å². The maximum absolute atomic E-state index is 12.7. The van der Waals surface area contributed by atoms with Crippen LogP contribution in [0.3, 0.4) is 0 Å². The van der Waals surface area contributed by atoms with Crippen LogP contribution in [0, 0.1) is 6.92 Å². The lowest BCUT2D eigenvalue weighted by Gasteiger charge is -2.39. The quantitative estimate of drug-likeness (QED) is 0.588. The molecule has 166 valence electrons. The van der Waals surface area contributed by atoms with Crippen molar-refractivity contribution in [1.82, 2.24) is 20.0 Å². The Morgan fingerprint density at radius 2 is 1.77 bits per heavy atom. The van der Waals surface area contributed by atoms with Crippen LogP contribution in [0.4, 0.5) is 5.69 Å². The predicted octanol–water partition coefficient (Wildman–Crippen LogP) is 1.76. The molecule has 0 aromatic heterocycles. The summed E-state index contributed by atoms with van der Waals surface area (Å²) >= 11 is 0. The van der Waals surface area contributed by atoms with Crippen LogP contribution in [0.25, 0.3) is 0 Å². The van der Waals surface area contributed by atoms with Crippen LogP contribution in [-0.2, 0) is 11.3 Å². The van der Waals surface area contributed by atoms with Gasteiger partial charge in [-0.1, -0.05) is 6.07 Å². The third kappa shape index (κ3) is 5.25. The first-order chi connectivity index (χ1) is 14.4. The van der Waals surface area contributed by atoms with Gasteiger partial charge in [0.05, 0.1) is 6.04 Å². The molecule has 2 aliphatic rings. The summed E-state index contributed by atoms with van der Waals surface area (Å²) < 4.78 is 0. The van der Waals surface area contributed by atoms with Crippen LogP contribution in [0.1, 0.15) is 30.9 Å². The third-order valence-corrected chi connectivity index (χ3v) is 6.43. The number of nitrogens with zero attached hydrogens (tertiary/aromatic N) is 5. The van der Waals surface area contributed by atoms with Crippen molar-refractivity contribution < 1.29 is 4.79 Å². The van der Waals surface area contributed by atoms with Crippen molar-refractivity contribution in [2.45, 2.75) is 39.3 Å². The lowest BCUT2D eigenvalue weighted by atomic mass is 10.1. The highest BCUT2D eigenvalue weighted by Crippen LogP contribution is 2.18. The Morgan fingerprint density at radius 1 is 1.10 bits per heavy atom. The van der Waals surface area contributed by atoms with Crippen LogP contribution >= 0.6 is 0 Å². The molecule has 0 spiro atoms. The summed E-state index contributed by atoms with van der Waals surface area (Å²) in [4.78, 5) is 26.0. The van der Waals surface area contributed by atoms with E-state index in [0.29, 0.717) is 5.91 Å². The molecule has 2 aliphatic heterocycles. The van der Waals surface area contributed by atoms with E-state index in [2.05, 4.69) is 71.2 Å². The first-order valence-electron chi connectivity index (χ1n) is 11.2. The molecular formula is C23H38N6O. The molecule has 3 rings (SSSR count). The van der Waals surface area contributed by atoms with Gasteiger partial charge in [0, 0.05) is 72.6 Å². The molecule has 1 N–H and O–H groups in total. The Labute approximate surface area is 181 Å². The first kappa shape index (κ1) is 22.4. The third-order valence-electron chi connectivity index (χ3n) is 6.43. The van der Waals surface area contributed by atoms with Gasteiger partial charge in [-0.2, -0.15) is 0 Å². The molecule has 1 aromatic carbocycles. The Balaban J connectivity index is 1.51. The second kappa shape index (κ2) is 10.2. The van der Waals surface area contributed by atoms with E-state index >= 15 is 0 Å². The van der Waals surface area contributed by atoms with Crippen LogP contribution in [0.2, 0.25) is 0 Å². The number of piperazine rings is 1. The van der Waals surface area contributed by atoms with Crippen molar-refractivity contribution >= 4 is 17.6 Å². The maximum Gasteiger partial charge on any atom is 0.239 e. The molecule has 1 unspecified atom stereocenters. The van der Waals surface area contributed by atoms with Crippen molar-refractivity contribution in [3.05, 3.63) is 29.3 Å². The van der Waals surface area contributed by atoms with E-state index in [-0.39, 0.29) is 6.04 Å². The summed E-state index contributed by atoms with van der Waals surface area (Å²) in [6.07, 6.45) is 2.29. The standard InChI is InChI=1S/C23H38N6O/c1-18-16-21(26(4)5)9-8-20(18)17-25-23(24-3)29-14-12-27(13-15-29)19(2)22(30)28-10-6-7-11-28/h8-9,16,19H,6-7,10-15,17H2,1-5H3,(H,24,25). The molecule has 1 atom stereocenters. The smallest absolute Gasteiger partial charge is 0.239 e. The number of hydrogen-bond acceptors (Lipinski definition) is 4. The summed E-state index contributed by atoms with van der Waals surface area (Å²) in [6.45, 7) is 10.4. The van der Waals surface area contributed by atoms with Crippen molar-refractivity contribution in [1.29, 1.82) is 0 Å². The summed E-state index contributed by atoms with van der Waals surface area (Å²) in [5, 5.41) is 3.53. The largest absolute Gasteiger partial charge is 0.378 e. The van der Waals surface area contributed by atoms with Gasteiger partial charge in [-0.15, -0.1) is 0 Å². The first-order valence-corrected chi connectivity index (χ1v) is 11.2. The van der Waals surface area contributed by atoms with E-state index in [9.17, 15) is 4.79 Å². The zero-order chi connectivity index (χ0) is 21.7. The minimum absolute atomic E-state index is 0.0296. The summed E-state index contributed by atoms with van der Waals surface area (Å²) in [5.41, 5.74) is 3.78. The zero-order valence-electron chi connectivity index (χ0n) is 19.3. The van der Waals surface area contributed by atoms with Gasteiger partial charge in [0.2, 0.25) is 5.91 Å². The summed E-state index contributed by atoms with van der Waals surface area (Å²) in [6, 6.07) is 6.54. The number of anilines is 1. The highest BCUT2D eigenvalue weighted by Gasteiger charge is 2.30. The molecule has 2 fully saturated rings. The van der Waals surface area contributed by atoms with Crippen molar-refractivity contribution in [2.24, 2.45) is 4.99 Å². The van der Waals surface area contributed by atoms with E-state index in [4.69, 9.17) is 0 Å². The van der Waals surface area contributed by atoms with Crippen molar-refractivity contribution in [2.75, 3.05) is 65.3 Å². The van der Waals surface area contributed by atoms with Crippen molar-refractivity contribution in [3.8, 4) is 0 Å². The van der Waals surface area contributed by atoms with Gasteiger partial charge in [-0.3, -0.25) is 14.7 Å². The molecule has 0 radical (unpaired) electrons. The van der Waals surface area contributed by atoms with E-state index in [1.165, 1.54) is 16.8 Å². The maximum atomic E-state index is 12.7. The van der Waals surface area contributed by atoms with Gasteiger partial charge in [-0.05, 0) is 49.9 Å². The Morgan fingerprint density at radius 3 is 2.33 bits per heavy atom. The van der Waals surface area contributed by atoms with E-state index in [1.54, 1.807) is 0 Å². The van der Waals surface area contributed by atoms with Crippen LogP contribution in [0.15, 0.2) is 23.2 Å². The minimum atomic E-state index is -0.0296. The molecule has 7 heteroatoms. The predicted molar refractivity (Wildman–Crippen MR) is 124 cm³/mol. The molecular weight excluding hydrogens is 376 g/mol. The average molecular weight is 415 g/mol. The van der Waals surface area contributed by atoms with Gasteiger partial charge in [0.15, 0.2) is 5.96 Å². The number of aryl methyl sites for hydroxylation is 1. The lowest BCUT2D eigenvalue weighted by Crippen LogP contribution is -2.57. The zero-order valence-corrected chi connectivity index (χ0v) is 19.3. The fourth-order valence-corrected chi connectivity index (χ4v) is 4.34. The summed E-state index contributed by atoms with van der Waals surface area (Å²) in [7, 11) is 5.97. The van der Waals surface area contributed by atoms with Crippen LogP contribution in [-0.4, -0.2) is 93.0 Å². The monoisotopic (exact) mass is 414 g/mol. The molecule has 1 amide bonds. The fraction of sp³-hybridized carbons (Fsp3) is 0.652. The van der Waals surface area contributed by atoms with Gasteiger partial charge in [0.1, 0.15) is 0 Å². The Hall–Kier alpha value is -2.28.